The molecule has 0 saturated heterocycles. The smallest absolute Gasteiger partial charge is 0.122 e. The highest BCUT2D eigenvalue weighted by Crippen LogP contribution is 2.36. The van der Waals surface area contributed by atoms with Gasteiger partial charge in [-0.15, -0.1) is 0 Å². The zero-order chi connectivity index (χ0) is 13.9. The van der Waals surface area contributed by atoms with Crippen LogP contribution in [0.15, 0.2) is 47.2 Å². The zero-order valence-corrected chi connectivity index (χ0v) is 12.6. The molecule has 0 saturated carbocycles. The number of nitrogens with zero attached hydrogens (tertiary/aromatic N) is 1. The molecule has 1 N–H and O–H groups in total. The number of hydrogen-bond acceptors (Lipinski definition) is 3. The predicted molar refractivity (Wildman–Crippen MR) is 80.9 cm³/mol. The van der Waals surface area contributed by atoms with E-state index in [2.05, 4.69) is 20.9 Å². The number of aliphatic hydroxyl groups excluding tert-OH is 1. The first kappa shape index (κ1) is 13.6. The fourth-order valence-electron chi connectivity index (χ4n) is 2.72. The lowest BCUT2D eigenvalue weighted by molar-refractivity contribution is 0.116. The second-order valence-corrected chi connectivity index (χ2v) is 5.98. The molecule has 0 bridgehead atoms. The molecule has 4 heteroatoms. The average Bonchev–Trinajstić information content (AvgIpc) is 2.46. The normalized spacial score (nSPS) is 19.0. The van der Waals surface area contributed by atoms with Gasteiger partial charge < -0.3 is 9.84 Å². The van der Waals surface area contributed by atoms with Gasteiger partial charge in [0.15, 0.2) is 0 Å². The van der Waals surface area contributed by atoms with Crippen LogP contribution in [0.1, 0.15) is 23.5 Å². The number of halogens is 1. The van der Waals surface area contributed by atoms with Crippen molar-refractivity contribution in [1.29, 1.82) is 0 Å². The Morgan fingerprint density at radius 3 is 3.05 bits per heavy atom. The lowest BCUT2D eigenvalue weighted by Crippen LogP contribution is -2.26. The Labute approximate surface area is 126 Å². The van der Waals surface area contributed by atoms with Crippen LogP contribution in [0.3, 0.4) is 0 Å². The summed E-state index contributed by atoms with van der Waals surface area (Å²) < 4.78 is 6.58. The average molecular weight is 334 g/mol. The van der Waals surface area contributed by atoms with Crippen molar-refractivity contribution >= 4 is 15.9 Å². The quantitative estimate of drug-likeness (QED) is 0.936. The largest absolute Gasteiger partial charge is 0.493 e. The van der Waals surface area contributed by atoms with Gasteiger partial charge in [-0.2, -0.15) is 0 Å². The van der Waals surface area contributed by atoms with E-state index in [4.69, 9.17) is 4.74 Å². The van der Waals surface area contributed by atoms with Crippen LogP contribution in [0.4, 0.5) is 0 Å². The summed E-state index contributed by atoms with van der Waals surface area (Å²) in [6.07, 6.45) is 4.58. The molecule has 1 aliphatic rings. The molecule has 1 aromatic heterocycles. The fourth-order valence-corrected chi connectivity index (χ4v) is 3.13. The molecule has 2 unspecified atom stereocenters. The molecule has 3 nitrogen and oxygen atoms in total. The molecule has 2 heterocycles. The Kier molecular flexibility index (Phi) is 4.03. The molecule has 20 heavy (non-hydrogen) atoms. The van der Waals surface area contributed by atoms with E-state index in [0.29, 0.717) is 13.0 Å². The lowest BCUT2D eigenvalue weighted by Gasteiger charge is -2.29. The zero-order valence-electron chi connectivity index (χ0n) is 11.0. The molecule has 1 aliphatic heterocycles. The summed E-state index contributed by atoms with van der Waals surface area (Å²) in [7, 11) is 0. The Morgan fingerprint density at radius 2 is 2.20 bits per heavy atom. The molecule has 0 aliphatic carbocycles. The third-order valence-electron chi connectivity index (χ3n) is 3.68. The number of aromatic nitrogens is 1. The molecule has 3 rings (SSSR count). The number of aliphatic hydroxyl groups is 1. The summed E-state index contributed by atoms with van der Waals surface area (Å²) >= 11 is 3.41. The molecule has 2 aromatic rings. The maximum Gasteiger partial charge on any atom is 0.122 e. The van der Waals surface area contributed by atoms with E-state index in [9.17, 15) is 5.11 Å². The molecule has 1 aromatic carbocycles. The fraction of sp³-hybridized carbons (Fsp3) is 0.312. The first-order valence-corrected chi connectivity index (χ1v) is 7.52. The highest BCUT2D eigenvalue weighted by molar-refractivity contribution is 9.10. The molecule has 0 fully saturated rings. The summed E-state index contributed by atoms with van der Waals surface area (Å²) in [4.78, 5) is 4.14. The lowest BCUT2D eigenvalue weighted by atomic mass is 9.86. The number of pyridine rings is 1. The third kappa shape index (κ3) is 2.86. The number of rotatable bonds is 3. The molecule has 0 radical (unpaired) electrons. The van der Waals surface area contributed by atoms with Gasteiger partial charge in [-0.3, -0.25) is 4.98 Å². The van der Waals surface area contributed by atoms with E-state index >= 15 is 0 Å². The van der Waals surface area contributed by atoms with Gasteiger partial charge in [-0.25, -0.2) is 0 Å². The van der Waals surface area contributed by atoms with Crippen molar-refractivity contribution in [2.24, 2.45) is 0 Å². The van der Waals surface area contributed by atoms with Gasteiger partial charge in [0, 0.05) is 29.2 Å². The van der Waals surface area contributed by atoms with Crippen molar-refractivity contribution in [1.82, 2.24) is 4.98 Å². The van der Waals surface area contributed by atoms with Crippen molar-refractivity contribution in [3.8, 4) is 5.75 Å². The van der Waals surface area contributed by atoms with Gasteiger partial charge in [-0.05, 0) is 45.6 Å². The van der Waals surface area contributed by atoms with E-state index in [1.807, 2.05) is 30.3 Å². The topological polar surface area (TPSA) is 42.4 Å². The summed E-state index contributed by atoms with van der Waals surface area (Å²) in [5.41, 5.74) is 2.14. The minimum Gasteiger partial charge on any atom is -0.493 e. The second kappa shape index (κ2) is 5.94. The first-order valence-electron chi connectivity index (χ1n) is 6.73. The van der Waals surface area contributed by atoms with Crippen LogP contribution in [-0.2, 0) is 6.42 Å². The Hall–Kier alpha value is -1.39. The molecular weight excluding hydrogens is 318 g/mol. The standard InChI is InChI=1S/C16H16BrNO2/c17-12-7-11(9-18-10-12)8-15(19)13-5-6-20-16-4-2-1-3-14(13)16/h1-4,7,9-10,13,15,19H,5-6,8H2. The van der Waals surface area contributed by atoms with Gasteiger partial charge in [0.2, 0.25) is 0 Å². The highest BCUT2D eigenvalue weighted by atomic mass is 79.9. The summed E-state index contributed by atoms with van der Waals surface area (Å²) in [6.45, 7) is 0.662. The molecule has 0 amide bonds. The first-order chi connectivity index (χ1) is 9.74. The van der Waals surface area contributed by atoms with Gasteiger partial charge in [0.25, 0.3) is 0 Å². The number of hydrogen-bond donors (Lipinski definition) is 1. The van der Waals surface area contributed by atoms with E-state index < -0.39 is 6.10 Å². The van der Waals surface area contributed by atoms with Crippen LogP contribution in [0.5, 0.6) is 5.75 Å². The van der Waals surface area contributed by atoms with E-state index in [1.54, 1.807) is 12.4 Å². The summed E-state index contributed by atoms with van der Waals surface area (Å²) in [5, 5.41) is 10.6. The Balaban J connectivity index is 1.80. The third-order valence-corrected chi connectivity index (χ3v) is 4.11. The monoisotopic (exact) mass is 333 g/mol. The van der Waals surface area contributed by atoms with Crippen molar-refractivity contribution in [3.05, 3.63) is 58.3 Å². The van der Waals surface area contributed by atoms with Crippen molar-refractivity contribution in [2.75, 3.05) is 6.61 Å². The van der Waals surface area contributed by atoms with Gasteiger partial charge in [0.1, 0.15) is 5.75 Å². The number of fused-ring (bicyclic) bond motifs is 1. The maximum atomic E-state index is 10.6. The van der Waals surface area contributed by atoms with E-state index in [1.165, 1.54) is 0 Å². The van der Waals surface area contributed by atoms with E-state index in [0.717, 1.165) is 27.8 Å². The molecule has 0 spiro atoms. The SMILES string of the molecule is OC(Cc1cncc(Br)c1)C1CCOc2ccccc21. The molecule has 104 valence electrons. The van der Waals surface area contributed by atoms with Crippen LogP contribution >= 0.6 is 15.9 Å². The van der Waals surface area contributed by atoms with Crippen molar-refractivity contribution < 1.29 is 9.84 Å². The predicted octanol–water partition coefficient (Wildman–Crippen LogP) is 3.31. The van der Waals surface area contributed by atoms with Crippen molar-refractivity contribution in [2.45, 2.75) is 24.9 Å². The number of para-hydroxylation sites is 1. The molecule has 2 atom stereocenters. The second-order valence-electron chi connectivity index (χ2n) is 5.06. The van der Waals surface area contributed by atoms with Crippen molar-refractivity contribution in [3.63, 3.8) is 0 Å². The van der Waals surface area contributed by atoms with Crippen LogP contribution in [0, 0.1) is 0 Å². The highest BCUT2D eigenvalue weighted by Gasteiger charge is 2.27. The summed E-state index contributed by atoms with van der Waals surface area (Å²) in [5.74, 6) is 1.02. The summed E-state index contributed by atoms with van der Waals surface area (Å²) in [6, 6.07) is 9.97. The van der Waals surface area contributed by atoms with Gasteiger partial charge in [0.05, 0.1) is 12.7 Å². The number of ether oxygens (including phenoxy) is 1. The Bertz CT molecular complexity index is 603. The maximum absolute atomic E-state index is 10.6. The Morgan fingerprint density at radius 1 is 1.35 bits per heavy atom. The number of benzene rings is 1. The minimum atomic E-state index is -0.420. The van der Waals surface area contributed by atoms with Crippen LogP contribution in [-0.4, -0.2) is 22.8 Å². The van der Waals surface area contributed by atoms with Crippen LogP contribution < -0.4 is 4.74 Å². The van der Waals surface area contributed by atoms with E-state index in [-0.39, 0.29) is 5.92 Å². The van der Waals surface area contributed by atoms with Gasteiger partial charge >= 0.3 is 0 Å². The minimum absolute atomic E-state index is 0.124. The molecular formula is C16H16BrNO2. The van der Waals surface area contributed by atoms with Crippen LogP contribution in [0.2, 0.25) is 0 Å². The van der Waals surface area contributed by atoms with Crippen LogP contribution in [0.25, 0.3) is 0 Å². The van der Waals surface area contributed by atoms with Gasteiger partial charge in [-0.1, -0.05) is 18.2 Å².